The predicted octanol–water partition coefficient (Wildman–Crippen LogP) is 0.820. The van der Waals surface area contributed by atoms with E-state index in [2.05, 4.69) is 20.0 Å². The van der Waals surface area contributed by atoms with E-state index in [0.717, 1.165) is 52.4 Å². The molecule has 1 N–H and O–H groups in total. The maximum Gasteiger partial charge on any atom is 0.211 e. The second-order valence-corrected chi connectivity index (χ2v) is 11.3. The lowest BCUT2D eigenvalue weighted by Gasteiger charge is -2.32. The van der Waals surface area contributed by atoms with Crippen molar-refractivity contribution < 1.29 is 13.2 Å². The van der Waals surface area contributed by atoms with Crippen molar-refractivity contribution in [1.82, 2.24) is 38.9 Å². The molecule has 13 heteroatoms. The van der Waals surface area contributed by atoms with Gasteiger partial charge < -0.3 is 14.2 Å². The predicted molar refractivity (Wildman–Crippen MR) is 136 cm³/mol. The number of aromatic amines is 1. The third kappa shape index (κ3) is 4.21. The van der Waals surface area contributed by atoms with Crippen LogP contribution in [0.2, 0.25) is 0 Å². The van der Waals surface area contributed by atoms with Gasteiger partial charge in [-0.15, -0.1) is 0 Å². The molecule has 3 aromatic heterocycles. The van der Waals surface area contributed by atoms with Gasteiger partial charge in [0, 0.05) is 57.3 Å². The number of fused-ring (bicyclic) bond motifs is 2. The van der Waals surface area contributed by atoms with E-state index in [4.69, 9.17) is 19.7 Å². The molecular weight excluding hydrogens is 482 g/mol. The van der Waals surface area contributed by atoms with E-state index >= 15 is 0 Å². The second-order valence-electron chi connectivity index (χ2n) is 9.30. The van der Waals surface area contributed by atoms with Crippen LogP contribution in [-0.4, -0.2) is 106 Å². The van der Waals surface area contributed by atoms with E-state index in [1.165, 1.54) is 10.6 Å². The Morgan fingerprint density at radius 3 is 2.56 bits per heavy atom. The van der Waals surface area contributed by atoms with Crippen molar-refractivity contribution in [3.8, 4) is 11.4 Å². The monoisotopic (exact) mass is 511 g/mol. The van der Waals surface area contributed by atoms with Crippen LogP contribution in [0.15, 0.2) is 24.4 Å². The number of benzene rings is 1. The summed E-state index contributed by atoms with van der Waals surface area (Å²) in [6.45, 7) is 5.66. The lowest BCUT2D eigenvalue weighted by atomic mass is 10.1. The van der Waals surface area contributed by atoms with Crippen molar-refractivity contribution >= 4 is 37.9 Å². The van der Waals surface area contributed by atoms with E-state index < -0.39 is 10.0 Å². The van der Waals surface area contributed by atoms with Gasteiger partial charge in [0.2, 0.25) is 10.0 Å². The molecule has 0 saturated carbocycles. The maximum absolute atomic E-state index is 11.9. The first-order valence-electron chi connectivity index (χ1n) is 12.0. The Labute approximate surface area is 208 Å². The first kappa shape index (κ1) is 23.3. The van der Waals surface area contributed by atoms with Gasteiger partial charge in [-0.25, -0.2) is 23.4 Å². The molecule has 0 spiro atoms. The number of nitrogens with one attached hydrogen (secondary N) is 1. The van der Waals surface area contributed by atoms with Crippen LogP contribution in [0.4, 0.5) is 5.82 Å². The Morgan fingerprint density at radius 1 is 1.03 bits per heavy atom. The number of hydrogen-bond donors (Lipinski definition) is 1. The van der Waals surface area contributed by atoms with Gasteiger partial charge in [-0.1, -0.05) is 12.1 Å². The Morgan fingerprint density at radius 2 is 1.81 bits per heavy atom. The van der Waals surface area contributed by atoms with Crippen molar-refractivity contribution in [2.45, 2.75) is 6.54 Å². The highest BCUT2D eigenvalue weighted by Gasteiger charge is 2.26. The van der Waals surface area contributed by atoms with Gasteiger partial charge in [0.15, 0.2) is 22.8 Å². The summed E-state index contributed by atoms with van der Waals surface area (Å²) in [6, 6.07) is 5.97. The van der Waals surface area contributed by atoms with Crippen LogP contribution in [0.25, 0.3) is 33.5 Å². The summed E-state index contributed by atoms with van der Waals surface area (Å²) in [5.41, 5.74) is 3.39. The van der Waals surface area contributed by atoms with E-state index in [9.17, 15) is 8.42 Å². The van der Waals surface area contributed by atoms with Gasteiger partial charge in [0.05, 0.1) is 37.7 Å². The number of hydrogen-bond acceptors (Lipinski definition) is 9. The normalized spacial score (nSPS) is 18.4. The zero-order valence-corrected chi connectivity index (χ0v) is 21.2. The Kier molecular flexibility index (Phi) is 5.86. The van der Waals surface area contributed by atoms with Crippen molar-refractivity contribution in [3.63, 3.8) is 0 Å². The van der Waals surface area contributed by atoms with Gasteiger partial charge in [0.1, 0.15) is 5.82 Å². The molecule has 0 atom stereocenters. The third-order valence-electron chi connectivity index (χ3n) is 6.99. The average molecular weight is 512 g/mol. The van der Waals surface area contributed by atoms with Crippen molar-refractivity contribution in [3.05, 3.63) is 30.2 Å². The van der Waals surface area contributed by atoms with Crippen LogP contribution in [0, 0.1) is 0 Å². The Balaban J connectivity index is 1.40. The third-order valence-corrected chi connectivity index (χ3v) is 8.30. The highest BCUT2D eigenvalue weighted by atomic mass is 32.2. The molecule has 0 bridgehead atoms. The largest absolute Gasteiger partial charge is 0.378 e. The summed E-state index contributed by atoms with van der Waals surface area (Å²) in [5.74, 6) is 2.31. The molecule has 2 aliphatic heterocycles. The molecule has 12 nitrogen and oxygen atoms in total. The quantitative estimate of drug-likeness (QED) is 0.414. The molecule has 1 aromatic carbocycles. The number of aryl methyl sites for hydroxylation is 1. The molecular formula is C23H29N9O3S. The van der Waals surface area contributed by atoms with Gasteiger partial charge >= 0.3 is 0 Å². The summed E-state index contributed by atoms with van der Waals surface area (Å²) in [5, 5.41) is 8.19. The van der Waals surface area contributed by atoms with Crippen LogP contribution in [0.5, 0.6) is 0 Å². The zero-order chi connectivity index (χ0) is 24.9. The number of piperazine rings is 1. The number of H-pyrrole nitrogens is 1. The van der Waals surface area contributed by atoms with E-state index in [-0.39, 0.29) is 0 Å². The molecule has 0 amide bonds. The van der Waals surface area contributed by atoms with Crippen LogP contribution in [0.1, 0.15) is 5.82 Å². The van der Waals surface area contributed by atoms with E-state index in [1.54, 1.807) is 6.20 Å². The number of imidazole rings is 1. The molecule has 0 radical (unpaired) electrons. The van der Waals surface area contributed by atoms with Crippen molar-refractivity contribution in [2.24, 2.45) is 7.05 Å². The minimum absolute atomic E-state index is 0.487. The zero-order valence-electron chi connectivity index (χ0n) is 20.4. The SMILES string of the molecule is Cn1c(CN2CCN(S(C)(=O)=O)CC2)nc2c(N3CCOCC3)nc(-c3cccc4[nH]ncc34)nc21. The van der Waals surface area contributed by atoms with Gasteiger partial charge in [-0.05, 0) is 6.07 Å². The van der Waals surface area contributed by atoms with E-state index in [1.807, 2.05) is 29.8 Å². The second kappa shape index (κ2) is 9.07. The molecule has 190 valence electrons. The molecule has 36 heavy (non-hydrogen) atoms. The Bertz CT molecular complexity index is 1520. The molecule has 0 unspecified atom stereocenters. The maximum atomic E-state index is 11.9. The van der Waals surface area contributed by atoms with Gasteiger partial charge in [-0.3, -0.25) is 10.00 Å². The van der Waals surface area contributed by atoms with Gasteiger partial charge in [-0.2, -0.15) is 9.40 Å². The number of anilines is 1. The van der Waals surface area contributed by atoms with Crippen molar-refractivity contribution in [1.29, 1.82) is 0 Å². The number of morpholine rings is 1. The first-order valence-corrected chi connectivity index (χ1v) is 13.9. The average Bonchev–Trinajstić information content (AvgIpc) is 3.49. The molecule has 5 heterocycles. The first-order chi connectivity index (χ1) is 17.4. The minimum Gasteiger partial charge on any atom is -0.378 e. The summed E-state index contributed by atoms with van der Waals surface area (Å²) >= 11 is 0. The lowest BCUT2D eigenvalue weighted by molar-refractivity contribution is 0.122. The van der Waals surface area contributed by atoms with E-state index in [0.29, 0.717) is 51.8 Å². The fourth-order valence-corrected chi connectivity index (χ4v) is 5.76. The van der Waals surface area contributed by atoms with Crippen LogP contribution in [0.3, 0.4) is 0 Å². The Hall–Kier alpha value is -3.13. The number of nitrogens with zero attached hydrogens (tertiary/aromatic N) is 8. The number of ether oxygens (including phenoxy) is 1. The van der Waals surface area contributed by atoms with Crippen LogP contribution < -0.4 is 4.90 Å². The molecule has 6 rings (SSSR count). The molecule has 0 aliphatic carbocycles. The van der Waals surface area contributed by atoms with Gasteiger partial charge in [0.25, 0.3) is 0 Å². The molecule has 2 fully saturated rings. The molecule has 2 aliphatic rings. The lowest BCUT2D eigenvalue weighted by Crippen LogP contribution is -2.48. The van der Waals surface area contributed by atoms with Crippen LogP contribution in [-0.2, 0) is 28.4 Å². The topological polar surface area (TPSA) is 125 Å². The summed E-state index contributed by atoms with van der Waals surface area (Å²) in [7, 11) is -1.18. The minimum atomic E-state index is -3.17. The fourth-order valence-electron chi connectivity index (χ4n) is 4.93. The standard InChI is InChI=1S/C23H29N9O3S/c1-29-19(15-30-6-8-32(9-7-30)36(2,33)34)25-20-22(29)26-21(27-23(20)31-10-12-35-13-11-31)16-4-3-5-18-17(16)14-24-28-18/h3-5,14H,6-13,15H2,1-2H3,(H,24,28). The highest BCUT2D eigenvalue weighted by molar-refractivity contribution is 7.88. The number of sulfonamides is 1. The molecule has 4 aromatic rings. The summed E-state index contributed by atoms with van der Waals surface area (Å²) in [6.07, 6.45) is 3.07. The number of rotatable bonds is 5. The van der Waals surface area contributed by atoms with Crippen LogP contribution >= 0.6 is 0 Å². The smallest absolute Gasteiger partial charge is 0.211 e. The number of aromatic nitrogens is 6. The fraction of sp³-hybridized carbons (Fsp3) is 0.478. The molecule has 2 saturated heterocycles. The summed E-state index contributed by atoms with van der Waals surface area (Å²) in [4.78, 5) is 19.4. The highest BCUT2D eigenvalue weighted by Crippen LogP contribution is 2.31. The van der Waals surface area contributed by atoms with Crippen molar-refractivity contribution in [2.75, 3.05) is 63.6 Å². The summed E-state index contributed by atoms with van der Waals surface area (Å²) < 4.78 is 32.9.